The standard InChI is InChI=1S/C24H35Cl3N4O5S/c25-20-14-22(27)23(15-21(20)26)36-18-24(32)31-8-7-30(17-19(31)16-29-4-1-2-5-29)37(33,34)13-3-6-28-9-11-35-12-10-28/h14-15,19H,1-13,16-18H2/t19-/m0/s1. The van der Waals surface area contributed by atoms with Crippen LogP contribution in [0.2, 0.25) is 15.1 Å². The lowest BCUT2D eigenvalue weighted by Crippen LogP contribution is -2.60. The summed E-state index contributed by atoms with van der Waals surface area (Å²) in [5, 5.41) is 0.856. The Morgan fingerprint density at radius 1 is 0.946 bits per heavy atom. The zero-order valence-corrected chi connectivity index (χ0v) is 24.0. The van der Waals surface area contributed by atoms with Crippen LogP contribution >= 0.6 is 34.8 Å². The second-order valence-corrected chi connectivity index (χ2v) is 13.0. The molecule has 37 heavy (non-hydrogen) atoms. The van der Waals surface area contributed by atoms with Gasteiger partial charge in [0, 0.05) is 45.3 Å². The number of hydrogen-bond acceptors (Lipinski definition) is 7. The van der Waals surface area contributed by atoms with Gasteiger partial charge in [-0.3, -0.25) is 9.69 Å². The minimum absolute atomic E-state index is 0.105. The maximum absolute atomic E-state index is 13.2. The van der Waals surface area contributed by atoms with E-state index < -0.39 is 10.0 Å². The maximum Gasteiger partial charge on any atom is 0.260 e. The van der Waals surface area contributed by atoms with Crippen molar-refractivity contribution in [2.75, 3.05) is 84.5 Å². The molecule has 0 spiro atoms. The molecule has 0 bridgehead atoms. The van der Waals surface area contributed by atoms with Gasteiger partial charge in [0.2, 0.25) is 10.0 Å². The van der Waals surface area contributed by atoms with Crippen LogP contribution in [0.5, 0.6) is 5.75 Å². The van der Waals surface area contributed by atoms with Crippen molar-refractivity contribution in [3.63, 3.8) is 0 Å². The normalized spacial score (nSPS) is 22.5. The van der Waals surface area contributed by atoms with E-state index in [1.165, 1.54) is 12.1 Å². The number of ether oxygens (including phenoxy) is 2. The maximum atomic E-state index is 13.2. The zero-order valence-electron chi connectivity index (χ0n) is 20.9. The van der Waals surface area contributed by atoms with Crippen molar-refractivity contribution in [3.05, 3.63) is 27.2 Å². The number of morpholine rings is 1. The molecule has 4 rings (SSSR count). The Kier molecular flexibility index (Phi) is 10.6. The average Bonchev–Trinajstić information content (AvgIpc) is 3.39. The summed E-state index contributed by atoms with van der Waals surface area (Å²) in [5.74, 6) is 0.172. The average molecular weight is 598 g/mol. The summed E-state index contributed by atoms with van der Waals surface area (Å²) in [6, 6.07) is 2.72. The van der Waals surface area contributed by atoms with E-state index in [-0.39, 0.29) is 53.2 Å². The minimum Gasteiger partial charge on any atom is -0.482 e. The van der Waals surface area contributed by atoms with Gasteiger partial charge in [-0.2, -0.15) is 4.31 Å². The van der Waals surface area contributed by atoms with Crippen molar-refractivity contribution < 1.29 is 22.7 Å². The fourth-order valence-electron chi connectivity index (χ4n) is 5.09. The molecule has 3 saturated heterocycles. The predicted molar refractivity (Wildman–Crippen MR) is 145 cm³/mol. The summed E-state index contributed by atoms with van der Waals surface area (Å²) >= 11 is 18.2. The predicted octanol–water partition coefficient (Wildman–Crippen LogP) is 2.69. The molecule has 0 unspecified atom stereocenters. The van der Waals surface area contributed by atoms with E-state index >= 15 is 0 Å². The van der Waals surface area contributed by atoms with Gasteiger partial charge in [-0.05, 0) is 45.0 Å². The third-order valence-corrected chi connectivity index (χ3v) is 10.1. The first-order valence-electron chi connectivity index (χ1n) is 12.8. The number of rotatable bonds is 10. The minimum atomic E-state index is -3.43. The molecular weight excluding hydrogens is 563 g/mol. The molecule has 0 saturated carbocycles. The van der Waals surface area contributed by atoms with Crippen molar-refractivity contribution in [2.24, 2.45) is 0 Å². The number of amides is 1. The summed E-state index contributed by atoms with van der Waals surface area (Å²) in [7, 11) is -3.43. The van der Waals surface area contributed by atoms with Crippen LogP contribution in [-0.4, -0.2) is 124 Å². The van der Waals surface area contributed by atoms with Crippen LogP contribution in [0, 0.1) is 0 Å². The van der Waals surface area contributed by atoms with Crippen molar-refractivity contribution >= 4 is 50.7 Å². The number of piperazine rings is 1. The number of carbonyl (C=O) groups excluding carboxylic acids is 1. The van der Waals surface area contributed by atoms with Gasteiger partial charge in [0.15, 0.2) is 6.61 Å². The number of likely N-dealkylation sites (tertiary alicyclic amines) is 1. The van der Waals surface area contributed by atoms with Crippen LogP contribution in [0.25, 0.3) is 0 Å². The fraction of sp³-hybridized carbons (Fsp3) is 0.708. The summed E-state index contributed by atoms with van der Waals surface area (Å²) in [6.07, 6.45) is 2.81. The molecule has 1 amide bonds. The van der Waals surface area contributed by atoms with E-state index in [4.69, 9.17) is 44.3 Å². The first-order chi connectivity index (χ1) is 17.7. The van der Waals surface area contributed by atoms with Gasteiger partial charge >= 0.3 is 0 Å². The Morgan fingerprint density at radius 3 is 2.38 bits per heavy atom. The van der Waals surface area contributed by atoms with Crippen LogP contribution in [0.15, 0.2) is 12.1 Å². The van der Waals surface area contributed by atoms with Gasteiger partial charge in [-0.1, -0.05) is 34.8 Å². The van der Waals surface area contributed by atoms with E-state index in [0.29, 0.717) is 37.7 Å². The zero-order chi connectivity index (χ0) is 26.4. The van der Waals surface area contributed by atoms with E-state index in [2.05, 4.69) is 9.80 Å². The molecule has 0 radical (unpaired) electrons. The van der Waals surface area contributed by atoms with Gasteiger partial charge in [0.1, 0.15) is 5.75 Å². The number of nitrogens with zero attached hydrogens (tertiary/aromatic N) is 4. The van der Waals surface area contributed by atoms with E-state index in [0.717, 1.165) is 45.6 Å². The topological polar surface area (TPSA) is 82.6 Å². The molecule has 1 aromatic carbocycles. The molecule has 0 N–H and O–H groups in total. The number of halogens is 3. The highest BCUT2D eigenvalue weighted by molar-refractivity contribution is 7.89. The highest BCUT2D eigenvalue weighted by Gasteiger charge is 2.36. The van der Waals surface area contributed by atoms with Crippen molar-refractivity contribution in [2.45, 2.75) is 25.3 Å². The third kappa shape index (κ3) is 8.08. The molecule has 208 valence electrons. The molecule has 0 aromatic heterocycles. The van der Waals surface area contributed by atoms with Crippen LogP contribution in [0.4, 0.5) is 0 Å². The smallest absolute Gasteiger partial charge is 0.260 e. The molecule has 3 aliphatic heterocycles. The van der Waals surface area contributed by atoms with Gasteiger partial charge in [0.25, 0.3) is 5.91 Å². The van der Waals surface area contributed by atoms with Crippen LogP contribution in [-0.2, 0) is 19.6 Å². The summed E-state index contributed by atoms with van der Waals surface area (Å²) in [6.45, 7) is 7.03. The van der Waals surface area contributed by atoms with Gasteiger partial charge in [-0.15, -0.1) is 0 Å². The fourth-order valence-corrected chi connectivity index (χ4v) is 7.19. The second-order valence-electron chi connectivity index (χ2n) is 9.72. The number of sulfonamides is 1. The van der Waals surface area contributed by atoms with Crippen molar-refractivity contribution in [1.82, 2.24) is 19.0 Å². The Hall–Kier alpha value is -0.850. The lowest BCUT2D eigenvalue weighted by molar-refractivity contribution is -0.138. The largest absolute Gasteiger partial charge is 0.482 e. The molecular formula is C24H35Cl3N4O5S. The molecule has 13 heteroatoms. The van der Waals surface area contributed by atoms with Crippen molar-refractivity contribution in [3.8, 4) is 5.75 Å². The van der Waals surface area contributed by atoms with Crippen LogP contribution < -0.4 is 4.74 Å². The molecule has 9 nitrogen and oxygen atoms in total. The van der Waals surface area contributed by atoms with Crippen LogP contribution in [0.3, 0.4) is 0 Å². The molecule has 1 aromatic rings. The summed E-state index contributed by atoms with van der Waals surface area (Å²) in [5.41, 5.74) is 0. The number of carbonyl (C=O) groups is 1. The van der Waals surface area contributed by atoms with Crippen molar-refractivity contribution in [1.29, 1.82) is 0 Å². The molecule has 1 atom stereocenters. The lowest BCUT2D eigenvalue weighted by atomic mass is 10.1. The van der Waals surface area contributed by atoms with Crippen LogP contribution in [0.1, 0.15) is 19.3 Å². The highest BCUT2D eigenvalue weighted by Crippen LogP contribution is 2.34. The van der Waals surface area contributed by atoms with Gasteiger partial charge < -0.3 is 19.3 Å². The quantitative estimate of drug-likeness (QED) is 0.384. The Balaban J connectivity index is 1.36. The monoisotopic (exact) mass is 596 g/mol. The van der Waals surface area contributed by atoms with Gasteiger partial charge in [-0.25, -0.2) is 8.42 Å². The molecule has 0 aliphatic carbocycles. The number of benzene rings is 1. The second kappa shape index (κ2) is 13.5. The Labute approximate surface area is 234 Å². The first-order valence-corrected chi connectivity index (χ1v) is 15.5. The Bertz CT molecular complexity index is 1040. The highest BCUT2D eigenvalue weighted by atomic mass is 35.5. The van der Waals surface area contributed by atoms with Gasteiger partial charge in [0.05, 0.1) is 40.1 Å². The molecule has 3 fully saturated rings. The molecule has 3 heterocycles. The summed E-state index contributed by atoms with van der Waals surface area (Å²) < 4.78 is 39.0. The summed E-state index contributed by atoms with van der Waals surface area (Å²) in [4.78, 5) is 19.5. The molecule has 3 aliphatic rings. The van der Waals surface area contributed by atoms with E-state index in [9.17, 15) is 13.2 Å². The Morgan fingerprint density at radius 2 is 1.65 bits per heavy atom. The van der Waals surface area contributed by atoms with E-state index in [1.54, 1.807) is 9.21 Å². The van der Waals surface area contributed by atoms with E-state index in [1.807, 2.05) is 0 Å². The third-order valence-electron chi connectivity index (χ3n) is 7.13. The first kappa shape index (κ1) is 29.1. The SMILES string of the molecule is O=C(COc1cc(Cl)c(Cl)cc1Cl)N1CCN(S(=O)(=O)CCCN2CCOCC2)C[C@@H]1CN1CCCC1. The lowest BCUT2D eigenvalue weighted by Gasteiger charge is -2.42. The number of hydrogen-bond donors (Lipinski definition) is 0.